The molecule has 3 aromatic rings. The average Bonchev–Trinajstić information content (AvgIpc) is 2.82. The Morgan fingerprint density at radius 1 is 1.28 bits per heavy atom. The molecule has 0 amide bonds. The summed E-state index contributed by atoms with van der Waals surface area (Å²) in [5, 5.41) is 18.8. The molecule has 0 bridgehead atoms. The fraction of sp³-hybridized carbons (Fsp3) is 0. The minimum atomic E-state index is -0.0691. The molecule has 0 atom stereocenters. The van der Waals surface area contributed by atoms with Crippen molar-refractivity contribution in [3.8, 4) is 11.8 Å². The normalized spacial score (nSPS) is 11.1. The van der Waals surface area contributed by atoms with Gasteiger partial charge in [-0.25, -0.2) is 4.98 Å². The van der Waals surface area contributed by atoms with Gasteiger partial charge < -0.3 is 15.9 Å². The number of nitrogens with two attached hydrogens (primary N) is 1. The van der Waals surface area contributed by atoms with Crippen molar-refractivity contribution in [2.45, 2.75) is 9.24 Å². The van der Waals surface area contributed by atoms with Crippen LogP contribution in [0.15, 0.2) is 33.5 Å². The lowest BCUT2D eigenvalue weighted by atomic mass is 10.3. The second kappa shape index (κ2) is 4.11. The van der Waals surface area contributed by atoms with Crippen LogP contribution in [-0.2, 0) is 0 Å². The van der Waals surface area contributed by atoms with Crippen molar-refractivity contribution in [2.24, 2.45) is 0 Å². The number of nitrogen functional groups attached to an aromatic ring is 1. The topological polar surface area (TPSA) is 95.2 Å². The molecule has 0 aliphatic carbocycles. The lowest BCUT2D eigenvalue weighted by molar-refractivity contribution is 0.421. The van der Waals surface area contributed by atoms with E-state index in [4.69, 9.17) is 5.73 Å². The minimum Gasteiger partial charge on any atom is -0.494 e. The number of aromatic amines is 1. The lowest BCUT2D eigenvalue weighted by Crippen LogP contribution is -1.81. The first-order valence-electron chi connectivity index (χ1n) is 5.06. The molecule has 92 valence electrons. The third-order valence-electron chi connectivity index (χ3n) is 2.34. The Labute approximate surface area is 110 Å². The van der Waals surface area contributed by atoms with Crippen LogP contribution < -0.4 is 5.73 Å². The van der Waals surface area contributed by atoms with Crippen molar-refractivity contribution in [1.29, 1.82) is 0 Å². The highest BCUT2D eigenvalue weighted by Crippen LogP contribution is 2.40. The third-order valence-corrected chi connectivity index (χ3v) is 4.45. The number of hydrogen-bond donors (Lipinski definition) is 4. The standard InChI is InChI=1S/C11H9N3O2S2/c12-5-1-2-6-7(3-5)17-11(13-6)18-8-4-9(15)14-10(8)16/h1-4,14-16H,12H2. The van der Waals surface area contributed by atoms with Crippen LogP contribution in [0.4, 0.5) is 5.69 Å². The molecule has 18 heavy (non-hydrogen) atoms. The number of nitrogens with one attached hydrogen (secondary N) is 1. The maximum atomic E-state index is 9.53. The molecular formula is C11H9N3O2S2. The summed E-state index contributed by atoms with van der Waals surface area (Å²) in [6.07, 6.45) is 0. The maximum absolute atomic E-state index is 9.53. The van der Waals surface area contributed by atoms with Crippen molar-refractivity contribution in [1.82, 2.24) is 9.97 Å². The first-order valence-corrected chi connectivity index (χ1v) is 6.70. The summed E-state index contributed by atoms with van der Waals surface area (Å²) in [4.78, 5) is 7.38. The van der Waals surface area contributed by atoms with Gasteiger partial charge in [-0.2, -0.15) is 0 Å². The Kier molecular flexibility index (Phi) is 2.57. The first kappa shape index (κ1) is 11.2. The van der Waals surface area contributed by atoms with Crippen LogP contribution in [0.1, 0.15) is 0 Å². The molecule has 0 fully saturated rings. The van der Waals surface area contributed by atoms with Crippen LogP contribution in [0.25, 0.3) is 10.2 Å². The number of aromatic nitrogens is 2. The summed E-state index contributed by atoms with van der Waals surface area (Å²) in [5.74, 6) is -0.128. The van der Waals surface area contributed by atoms with E-state index in [-0.39, 0.29) is 11.8 Å². The van der Waals surface area contributed by atoms with E-state index < -0.39 is 0 Å². The summed E-state index contributed by atoms with van der Waals surface area (Å²) in [6.45, 7) is 0. The van der Waals surface area contributed by atoms with Gasteiger partial charge in [-0.1, -0.05) is 11.8 Å². The zero-order chi connectivity index (χ0) is 12.7. The van der Waals surface area contributed by atoms with Gasteiger partial charge in [0.1, 0.15) is 0 Å². The van der Waals surface area contributed by atoms with Gasteiger partial charge in [-0.05, 0) is 18.2 Å². The number of anilines is 1. The SMILES string of the molecule is Nc1ccc2nc(Sc3cc(O)[nH]c3O)sc2c1. The fourth-order valence-corrected chi connectivity index (χ4v) is 3.65. The Balaban J connectivity index is 1.97. The number of benzene rings is 1. The van der Waals surface area contributed by atoms with E-state index in [1.165, 1.54) is 29.2 Å². The number of H-pyrrole nitrogens is 1. The van der Waals surface area contributed by atoms with E-state index in [1.807, 2.05) is 12.1 Å². The number of aromatic hydroxyl groups is 2. The van der Waals surface area contributed by atoms with Gasteiger partial charge in [0.2, 0.25) is 5.88 Å². The molecule has 0 aliphatic heterocycles. The monoisotopic (exact) mass is 279 g/mol. The summed E-state index contributed by atoms with van der Waals surface area (Å²) in [5.41, 5.74) is 7.28. The second-order valence-electron chi connectivity index (χ2n) is 3.68. The van der Waals surface area contributed by atoms with Crippen molar-refractivity contribution in [2.75, 3.05) is 5.73 Å². The quantitative estimate of drug-likeness (QED) is 0.541. The summed E-state index contributed by atoms with van der Waals surface area (Å²) >= 11 is 2.78. The molecule has 0 saturated carbocycles. The molecule has 5 N–H and O–H groups in total. The number of hydrogen-bond acceptors (Lipinski definition) is 6. The maximum Gasteiger partial charge on any atom is 0.205 e. The minimum absolute atomic E-state index is 0.0590. The first-order chi connectivity index (χ1) is 8.61. The van der Waals surface area contributed by atoms with E-state index >= 15 is 0 Å². The van der Waals surface area contributed by atoms with Gasteiger partial charge in [0.05, 0.1) is 15.1 Å². The largest absolute Gasteiger partial charge is 0.494 e. The molecule has 5 nitrogen and oxygen atoms in total. The number of nitrogens with zero attached hydrogens (tertiary/aromatic N) is 1. The van der Waals surface area contributed by atoms with Crippen LogP contribution in [0, 0.1) is 0 Å². The van der Waals surface area contributed by atoms with Crippen molar-refractivity contribution in [3.05, 3.63) is 24.3 Å². The Morgan fingerprint density at radius 2 is 2.11 bits per heavy atom. The van der Waals surface area contributed by atoms with Gasteiger partial charge in [0.15, 0.2) is 10.2 Å². The van der Waals surface area contributed by atoms with Gasteiger partial charge in [0.25, 0.3) is 0 Å². The summed E-state index contributed by atoms with van der Waals surface area (Å²) in [7, 11) is 0. The molecule has 0 saturated heterocycles. The van der Waals surface area contributed by atoms with E-state index in [2.05, 4.69) is 9.97 Å². The summed E-state index contributed by atoms with van der Waals surface area (Å²) in [6, 6.07) is 6.99. The summed E-state index contributed by atoms with van der Waals surface area (Å²) < 4.78 is 1.78. The predicted molar refractivity (Wildman–Crippen MR) is 72.3 cm³/mol. The van der Waals surface area contributed by atoms with Crippen LogP contribution in [0.2, 0.25) is 0 Å². The highest BCUT2D eigenvalue weighted by atomic mass is 32.2. The van der Waals surface area contributed by atoms with E-state index in [0.717, 1.165) is 14.6 Å². The third kappa shape index (κ3) is 1.98. The Hall–Kier alpha value is -1.86. The van der Waals surface area contributed by atoms with Crippen LogP contribution in [0.5, 0.6) is 11.8 Å². The van der Waals surface area contributed by atoms with Crippen LogP contribution in [0.3, 0.4) is 0 Å². The molecule has 0 unspecified atom stereocenters. The van der Waals surface area contributed by atoms with Crippen LogP contribution in [-0.4, -0.2) is 20.2 Å². The highest BCUT2D eigenvalue weighted by Gasteiger charge is 2.11. The molecule has 7 heteroatoms. The smallest absolute Gasteiger partial charge is 0.205 e. The molecule has 0 spiro atoms. The van der Waals surface area contributed by atoms with Gasteiger partial charge in [-0.15, -0.1) is 11.3 Å². The number of fused-ring (bicyclic) bond motifs is 1. The number of rotatable bonds is 2. The Bertz CT molecular complexity index is 720. The zero-order valence-electron chi connectivity index (χ0n) is 9.04. The van der Waals surface area contributed by atoms with Crippen molar-refractivity contribution >= 4 is 39.0 Å². The molecule has 0 radical (unpaired) electrons. The highest BCUT2D eigenvalue weighted by molar-refractivity contribution is 8.01. The fourth-order valence-electron chi connectivity index (χ4n) is 1.55. The Morgan fingerprint density at radius 3 is 2.83 bits per heavy atom. The number of thiazole rings is 1. The molecule has 3 rings (SSSR count). The molecule has 2 heterocycles. The second-order valence-corrected chi connectivity index (χ2v) is 6.00. The average molecular weight is 279 g/mol. The van der Waals surface area contributed by atoms with E-state index in [0.29, 0.717) is 10.6 Å². The lowest BCUT2D eigenvalue weighted by Gasteiger charge is -1.92. The van der Waals surface area contributed by atoms with Gasteiger partial charge in [0, 0.05) is 11.8 Å². The van der Waals surface area contributed by atoms with E-state index in [1.54, 1.807) is 6.07 Å². The molecular weight excluding hydrogens is 270 g/mol. The van der Waals surface area contributed by atoms with E-state index in [9.17, 15) is 10.2 Å². The molecule has 1 aromatic carbocycles. The van der Waals surface area contributed by atoms with Crippen molar-refractivity contribution in [3.63, 3.8) is 0 Å². The van der Waals surface area contributed by atoms with Gasteiger partial charge in [-0.3, -0.25) is 4.98 Å². The molecule has 2 aromatic heterocycles. The zero-order valence-corrected chi connectivity index (χ0v) is 10.7. The molecule has 0 aliphatic rings. The van der Waals surface area contributed by atoms with Crippen LogP contribution >= 0.6 is 23.1 Å². The predicted octanol–water partition coefficient (Wildman–Crippen LogP) is 2.77. The van der Waals surface area contributed by atoms with Gasteiger partial charge >= 0.3 is 0 Å². The van der Waals surface area contributed by atoms with Crippen molar-refractivity contribution < 1.29 is 10.2 Å².